The Morgan fingerprint density at radius 2 is 2.27 bits per heavy atom. The molecule has 0 aliphatic heterocycles. The third-order valence-corrected chi connectivity index (χ3v) is 1.37. The van der Waals surface area contributed by atoms with Gasteiger partial charge >= 0.3 is 0 Å². The number of H-pyrrole nitrogens is 1. The zero-order chi connectivity index (χ0) is 8.43. The minimum atomic E-state index is -2.59. The molecular formula is C6H5F2N3. The molecule has 3 nitrogen and oxygen atoms in total. The van der Waals surface area contributed by atoms with Crippen LogP contribution in [-0.4, -0.2) is 10.2 Å². The zero-order valence-electron chi connectivity index (χ0n) is 5.73. The number of nitrogens with zero attached hydrogens (tertiary/aromatic N) is 2. The minimum absolute atomic E-state index is 0.0281. The summed E-state index contributed by atoms with van der Waals surface area (Å²) in [7, 11) is 0. The van der Waals surface area contributed by atoms with Crippen LogP contribution in [0.25, 0.3) is 0 Å². The molecule has 0 radical (unpaired) electrons. The Kier molecular flexibility index (Phi) is 1.85. The van der Waals surface area contributed by atoms with Gasteiger partial charge in [0.1, 0.15) is 11.8 Å². The summed E-state index contributed by atoms with van der Waals surface area (Å²) in [4.78, 5) is 0. The van der Waals surface area contributed by atoms with Crippen molar-refractivity contribution in [1.82, 2.24) is 10.2 Å². The first-order valence-electron chi connectivity index (χ1n) is 2.90. The smallest absolute Gasteiger partial charge is 0.275 e. The van der Waals surface area contributed by atoms with E-state index in [1.54, 1.807) is 6.07 Å². The summed E-state index contributed by atoms with van der Waals surface area (Å²) in [5.41, 5.74) is -0.0237. The summed E-state index contributed by atoms with van der Waals surface area (Å²) < 4.78 is 24.0. The number of nitrogens with one attached hydrogen (secondary N) is 1. The second kappa shape index (κ2) is 2.66. The predicted molar refractivity (Wildman–Crippen MR) is 33.0 cm³/mol. The van der Waals surface area contributed by atoms with Crippen LogP contribution in [0.2, 0.25) is 0 Å². The highest BCUT2D eigenvalue weighted by Gasteiger charge is 2.15. The largest absolute Gasteiger partial charge is 0.280 e. The van der Waals surface area contributed by atoms with E-state index < -0.39 is 6.43 Å². The van der Waals surface area contributed by atoms with Crippen molar-refractivity contribution in [2.24, 2.45) is 0 Å². The molecule has 0 saturated heterocycles. The zero-order valence-corrected chi connectivity index (χ0v) is 5.73. The third kappa shape index (κ3) is 1.19. The first-order chi connectivity index (χ1) is 5.16. The van der Waals surface area contributed by atoms with E-state index in [1.807, 2.05) is 0 Å². The molecule has 1 N–H and O–H groups in total. The lowest BCUT2D eigenvalue weighted by Crippen LogP contribution is -1.86. The van der Waals surface area contributed by atoms with E-state index >= 15 is 0 Å². The van der Waals surface area contributed by atoms with Gasteiger partial charge < -0.3 is 0 Å². The Hall–Kier alpha value is -1.44. The maximum atomic E-state index is 12.0. The first kappa shape index (κ1) is 7.66. The highest BCUT2D eigenvalue weighted by molar-refractivity contribution is 5.33. The van der Waals surface area contributed by atoms with Crippen molar-refractivity contribution < 1.29 is 8.78 Å². The topological polar surface area (TPSA) is 52.5 Å². The van der Waals surface area contributed by atoms with Crippen molar-refractivity contribution in [2.75, 3.05) is 0 Å². The van der Waals surface area contributed by atoms with Gasteiger partial charge in [0, 0.05) is 5.56 Å². The fraction of sp³-hybridized carbons (Fsp3) is 0.333. The van der Waals surface area contributed by atoms with E-state index in [0.717, 1.165) is 0 Å². The molecule has 0 spiro atoms. The Labute approximate surface area is 61.6 Å². The quantitative estimate of drug-likeness (QED) is 0.671. The van der Waals surface area contributed by atoms with Crippen LogP contribution in [0.1, 0.15) is 23.4 Å². The summed E-state index contributed by atoms with van der Waals surface area (Å²) in [6.07, 6.45) is -2.59. The highest BCUT2D eigenvalue weighted by atomic mass is 19.3. The molecule has 1 heterocycles. The molecule has 0 aliphatic rings. The van der Waals surface area contributed by atoms with Crippen molar-refractivity contribution in [1.29, 1.82) is 5.26 Å². The number of aromatic amines is 1. The van der Waals surface area contributed by atoms with Gasteiger partial charge in [0.25, 0.3) is 6.43 Å². The lowest BCUT2D eigenvalue weighted by molar-refractivity contribution is 0.145. The van der Waals surface area contributed by atoms with Crippen LogP contribution >= 0.6 is 0 Å². The summed E-state index contributed by atoms with van der Waals surface area (Å²) in [6, 6.07) is 1.69. The molecule has 58 valence electrons. The molecule has 0 bridgehead atoms. The van der Waals surface area contributed by atoms with Crippen LogP contribution in [0.15, 0.2) is 0 Å². The van der Waals surface area contributed by atoms with Crippen LogP contribution in [0.4, 0.5) is 8.78 Å². The van der Waals surface area contributed by atoms with Crippen LogP contribution in [0, 0.1) is 18.3 Å². The molecule has 0 unspecified atom stereocenters. The summed E-state index contributed by atoms with van der Waals surface area (Å²) >= 11 is 0. The van der Waals surface area contributed by atoms with E-state index in [0.29, 0.717) is 0 Å². The fourth-order valence-electron chi connectivity index (χ4n) is 0.733. The number of halogens is 2. The van der Waals surface area contributed by atoms with Gasteiger partial charge in [-0.25, -0.2) is 8.78 Å². The average Bonchev–Trinajstić information content (AvgIpc) is 2.30. The third-order valence-electron chi connectivity index (χ3n) is 1.37. The van der Waals surface area contributed by atoms with Gasteiger partial charge in [-0.05, 0) is 6.92 Å². The van der Waals surface area contributed by atoms with E-state index in [-0.39, 0.29) is 17.0 Å². The van der Waals surface area contributed by atoms with Crippen LogP contribution < -0.4 is 0 Å². The summed E-state index contributed by atoms with van der Waals surface area (Å²) in [6.45, 7) is 1.43. The number of alkyl halides is 2. The monoisotopic (exact) mass is 157 g/mol. The Morgan fingerprint density at radius 3 is 2.55 bits per heavy atom. The van der Waals surface area contributed by atoms with Crippen LogP contribution in [0.5, 0.6) is 0 Å². The predicted octanol–water partition coefficient (Wildman–Crippen LogP) is 1.53. The normalized spacial score (nSPS) is 10.1. The summed E-state index contributed by atoms with van der Waals surface area (Å²) in [5, 5.41) is 13.8. The number of rotatable bonds is 1. The maximum absolute atomic E-state index is 12.0. The van der Waals surface area contributed by atoms with Crippen LogP contribution in [0.3, 0.4) is 0 Å². The Morgan fingerprint density at radius 1 is 1.64 bits per heavy atom. The fourth-order valence-corrected chi connectivity index (χ4v) is 0.733. The van der Waals surface area contributed by atoms with Gasteiger partial charge in [0.05, 0.1) is 0 Å². The molecule has 0 aliphatic carbocycles. The molecule has 0 fully saturated rings. The molecule has 0 atom stereocenters. The summed E-state index contributed by atoms with van der Waals surface area (Å²) in [5.74, 6) is 0. The molecule has 5 heteroatoms. The second-order valence-electron chi connectivity index (χ2n) is 2.02. The molecule has 1 aromatic rings. The van der Waals surface area contributed by atoms with Gasteiger partial charge in [-0.1, -0.05) is 0 Å². The number of hydrogen-bond donors (Lipinski definition) is 1. The molecule has 0 amide bonds. The maximum Gasteiger partial charge on any atom is 0.280 e. The van der Waals surface area contributed by atoms with E-state index in [4.69, 9.17) is 5.26 Å². The standard InChI is InChI=1S/C6H5F2N3/c1-3-4(2-9)10-11-5(3)6(7)8/h6H,1H3,(H,10,11). The lowest BCUT2D eigenvalue weighted by Gasteiger charge is -1.93. The van der Waals surface area contributed by atoms with Crippen molar-refractivity contribution >= 4 is 0 Å². The van der Waals surface area contributed by atoms with Gasteiger partial charge in [-0.15, -0.1) is 0 Å². The number of aromatic nitrogens is 2. The van der Waals surface area contributed by atoms with Crippen molar-refractivity contribution in [3.05, 3.63) is 17.0 Å². The van der Waals surface area contributed by atoms with Crippen molar-refractivity contribution in [3.8, 4) is 6.07 Å². The first-order valence-corrected chi connectivity index (χ1v) is 2.90. The van der Waals surface area contributed by atoms with Crippen molar-refractivity contribution in [3.63, 3.8) is 0 Å². The molecule has 11 heavy (non-hydrogen) atoms. The van der Waals surface area contributed by atoms with E-state index in [2.05, 4.69) is 10.2 Å². The average molecular weight is 157 g/mol. The molecule has 0 aromatic carbocycles. The van der Waals surface area contributed by atoms with Gasteiger partial charge in [0.15, 0.2) is 5.69 Å². The van der Waals surface area contributed by atoms with Crippen LogP contribution in [-0.2, 0) is 0 Å². The van der Waals surface area contributed by atoms with Crippen molar-refractivity contribution in [2.45, 2.75) is 13.3 Å². The SMILES string of the molecule is Cc1c(C#N)n[nH]c1C(F)F. The highest BCUT2D eigenvalue weighted by Crippen LogP contribution is 2.21. The Bertz CT molecular complexity index is 297. The second-order valence-corrected chi connectivity index (χ2v) is 2.02. The van der Waals surface area contributed by atoms with Gasteiger partial charge in [-0.2, -0.15) is 10.4 Å². The molecule has 1 aromatic heterocycles. The lowest BCUT2D eigenvalue weighted by atomic mass is 10.2. The molecule has 1 rings (SSSR count). The Balaban J connectivity index is 3.13. The van der Waals surface area contributed by atoms with E-state index in [1.165, 1.54) is 6.92 Å². The minimum Gasteiger partial charge on any atom is -0.275 e. The molecular weight excluding hydrogens is 152 g/mol. The molecule has 0 saturated carbocycles. The van der Waals surface area contributed by atoms with E-state index in [9.17, 15) is 8.78 Å². The number of hydrogen-bond acceptors (Lipinski definition) is 2. The van der Waals surface area contributed by atoms with Gasteiger partial charge in [-0.3, -0.25) is 5.10 Å². The number of nitriles is 1. The van der Waals surface area contributed by atoms with Gasteiger partial charge in [0.2, 0.25) is 0 Å².